The standard InChI is InChI=1S/C19H32N4O2/c1-6-14(7-2)16-11-17(21-13-20-16)23-10-8-9-15(12-23)22-18(24)25-19(3,4)5/h11,13-15H,6-10,12H2,1-5H3,(H,22,24). The molecule has 1 aromatic heterocycles. The summed E-state index contributed by atoms with van der Waals surface area (Å²) in [5, 5.41) is 2.99. The van der Waals surface area contributed by atoms with Crippen molar-refractivity contribution in [3.8, 4) is 0 Å². The molecule has 1 aromatic rings. The molecule has 2 heterocycles. The largest absolute Gasteiger partial charge is 0.444 e. The van der Waals surface area contributed by atoms with E-state index in [1.54, 1.807) is 6.33 Å². The van der Waals surface area contributed by atoms with Crippen molar-refractivity contribution < 1.29 is 9.53 Å². The lowest BCUT2D eigenvalue weighted by Crippen LogP contribution is -2.49. The van der Waals surface area contributed by atoms with E-state index in [9.17, 15) is 4.79 Å². The third-order valence-electron chi connectivity index (χ3n) is 4.54. The quantitative estimate of drug-likeness (QED) is 0.875. The highest BCUT2D eigenvalue weighted by molar-refractivity contribution is 5.68. The number of carbonyl (C=O) groups excluding carboxylic acids is 1. The minimum Gasteiger partial charge on any atom is -0.444 e. The number of alkyl carbamates (subject to hydrolysis) is 1. The van der Waals surface area contributed by atoms with Crippen LogP contribution in [0.2, 0.25) is 0 Å². The molecule has 1 aliphatic heterocycles. The molecular formula is C19H32N4O2. The van der Waals surface area contributed by atoms with Crippen LogP contribution in [0.4, 0.5) is 10.6 Å². The number of nitrogens with one attached hydrogen (secondary N) is 1. The van der Waals surface area contributed by atoms with Crippen molar-refractivity contribution in [3.63, 3.8) is 0 Å². The molecule has 2 rings (SSSR count). The van der Waals surface area contributed by atoms with Gasteiger partial charge in [-0.2, -0.15) is 0 Å². The van der Waals surface area contributed by atoms with Gasteiger partial charge < -0.3 is 15.0 Å². The maximum Gasteiger partial charge on any atom is 0.407 e. The SMILES string of the molecule is CCC(CC)c1cc(N2CCCC(NC(=O)OC(C)(C)C)C2)ncn1. The van der Waals surface area contributed by atoms with E-state index < -0.39 is 5.60 Å². The van der Waals surface area contributed by atoms with Gasteiger partial charge in [0.05, 0.1) is 0 Å². The number of piperidine rings is 1. The zero-order valence-electron chi connectivity index (χ0n) is 16.2. The Balaban J connectivity index is 2.01. The Labute approximate surface area is 151 Å². The van der Waals surface area contributed by atoms with Crippen molar-refractivity contribution in [2.75, 3.05) is 18.0 Å². The second-order valence-corrected chi connectivity index (χ2v) is 7.75. The maximum atomic E-state index is 12.0. The lowest BCUT2D eigenvalue weighted by Gasteiger charge is -2.34. The number of hydrogen-bond donors (Lipinski definition) is 1. The van der Waals surface area contributed by atoms with Crippen molar-refractivity contribution in [1.82, 2.24) is 15.3 Å². The second kappa shape index (κ2) is 8.50. The van der Waals surface area contributed by atoms with Crippen LogP contribution in [0.3, 0.4) is 0 Å². The van der Waals surface area contributed by atoms with Crippen LogP contribution >= 0.6 is 0 Å². The van der Waals surface area contributed by atoms with Crippen LogP contribution in [0.1, 0.15) is 71.9 Å². The molecule has 1 saturated heterocycles. The van der Waals surface area contributed by atoms with Crippen molar-refractivity contribution in [1.29, 1.82) is 0 Å². The van der Waals surface area contributed by atoms with E-state index in [0.29, 0.717) is 5.92 Å². The molecule has 140 valence electrons. The molecule has 0 saturated carbocycles. The van der Waals surface area contributed by atoms with E-state index in [1.165, 1.54) is 0 Å². The van der Waals surface area contributed by atoms with Crippen molar-refractivity contribution in [3.05, 3.63) is 18.1 Å². The summed E-state index contributed by atoms with van der Waals surface area (Å²) in [5.41, 5.74) is 0.632. The van der Waals surface area contributed by atoms with Crippen LogP contribution in [-0.4, -0.2) is 40.8 Å². The number of anilines is 1. The first kappa shape index (κ1) is 19.5. The van der Waals surface area contributed by atoms with Crippen molar-refractivity contribution in [2.24, 2.45) is 0 Å². The van der Waals surface area contributed by atoms with E-state index in [1.807, 2.05) is 20.8 Å². The first-order valence-electron chi connectivity index (χ1n) is 9.38. The van der Waals surface area contributed by atoms with Gasteiger partial charge in [-0.25, -0.2) is 14.8 Å². The Morgan fingerprint density at radius 3 is 2.72 bits per heavy atom. The van der Waals surface area contributed by atoms with Crippen molar-refractivity contribution >= 4 is 11.9 Å². The van der Waals surface area contributed by atoms with Crippen LogP contribution in [0.15, 0.2) is 12.4 Å². The summed E-state index contributed by atoms with van der Waals surface area (Å²) in [7, 11) is 0. The van der Waals surface area contributed by atoms with E-state index in [0.717, 1.165) is 50.3 Å². The topological polar surface area (TPSA) is 67.4 Å². The number of aromatic nitrogens is 2. The van der Waals surface area contributed by atoms with Crippen LogP contribution in [0.5, 0.6) is 0 Å². The molecular weight excluding hydrogens is 316 g/mol. The zero-order chi connectivity index (χ0) is 18.4. The Kier molecular flexibility index (Phi) is 6.62. The molecule has 0 bridgehead atoms. The minimum atomic E-state index is -0.477. The number of amides is 1. The molecule has 6 nitrogen and oxygen atoms in total. The van der Waals surface area contributed by atoms with E-state index in [2.05, 4.69) is 40.1 Å². The molecule has 1 fully saturated rings. The smallest absolute Gasteiger partial charge is 0.407 e. The minimum absolute atomic E-state index is 0.0789. The highest BCUT2D eigenvalue weighted by Crippen LogP contribution is 2.25. The van der Waals surface area contributed by atoms with Gasteiger partial charge in [0.2, 0.25) is 0 Å². The molecule has 0 radical (unpaired) electrons. The predicted octanol–water partition coefficient (Wildman–Crippen LogP) is 3.87. The molecule has 0 aliphatic carbocycles. The van der Waals surface area contributed by atoms with Crippen molar-refractivity contribution in [2.45, 2.75) is 77.9 Å². The maximum absolute atomic E-state index is 12.0. The molecule has 1 N–H and O–H groups in total. The molecule has 1 atom stereocenters. The average Bonchev–Trinajstić information content (AvgIpc) is 2.55. The summed E-state index contributed by atoms with van der Waals surface area (Å²) in [5.74, 6) is 1.43. The third kappa shape index (κ3) is 5.87. The normalized spacial score (nSPS) is 18.3. The zero-order valence-corrected chi connectivity index (χ0v) is 16.2. The summed E-state index contributed by atoms with van der Waals surface area (Å²) in [4.78, 5) is 23.2. The molecule has 0 spiro atoms. The number of hydrogen-bond acceptors (Lipinski definition) is 5. The van der Waals surface area contributed by atoms with Crippen LogP contribution in [-0.2, 0) is 4.74 Å². The fourth-order valence-electron chi connectivity index (χ4n) is 3.24. The predicted molar refractivity (Wildman–Crippen MR) is 100.0 cm³/mol. The fraction of sp³-hybridized carbons (Fsp3) is 0.737. The number of nitrogens with zero attached hydrogens (tertiary/aromatic N) is 3. The van der Waals surface area contributed by atoms with Crippen LogP contribution in [0.25, 0.3) is 0 Å². The Bertz CT molecular complexity index is 567. The molecule has 1 aliphatic rings. The summed E-state index contributed by atoms with van der Waals surface area (Å²) in [6, 6.07) is 2.18. The summed E-state index contributed by atoms with van der Waals surface area (Å²) in [6.07, 6.45) is 5.45. The van der Waals surface area contributed by atoms with Gasteiger partial charge >= 0.3 is 6.09 Å². The lowest BCUT2D eigenvalue weighted by molar-refractivity contribution is 0.0500. The van der Waals surface area contributed by atoms with E-state index in [4.69, 9.17) is 4.74 Å². The third-order valence-corrected chi connectivity index (χ3v) is 4.54. The fourth-order valence-corrected chi connectivity index (χ4v) is 3.24. The average molecular weight is 348 g/mol. The second-order valence-electron chi connectivity index (χ2n) is 7.75. The first-order valence-corrected chi connectivity index (χ1v) is 9.38. The molecule has 1 unspecified atom stereocenters. The highest BCUT2D eigenvalue weighted by Gasteiger charge is 2.25. The monoisotopic (exact) mass is 348 g/mol. The molecule has 0 aromatic carbocycles. The summed E-state index contributed by atoms with van der Waals surface area (Å²) in [6.45, 7) is 11.7. The molecule has 1 amide bonds. The van der Waals surface area contributed by atoms with E-state index >= 15 is 0 Å². The highest BCUT2D eigenvalue weighted by atomic mass is 16.6. The van der Waals surface area contributed by atoms with Gasteiger partial charge in [-0.05, 0) is 46.5 Å². The van der Waals surface area contributed by atoms with Gasteiger partial charge in [0.25, 0.3) is 0 Å². The summed E-state index contributed by atoms with van der Waals surface area (Å²) < 4.78 is 5.37. The summed E-state index contributed by atoms with van der Waals surface area (Å²) >= 11 is 0. The number of carbonyl (C=O) groups is 1. The lowest BCUT2D eigenvalue weighted by atomic mass is 9.99. The Morgan fingerprint density at radius 1 is 1.36 bits per heavy atom. The molecule has 6 heteroatoms. The van der Waals surface area contributed by atoms with Gasteiger partial charge in [0.1, 0.15) is 17.7 Å². The van der Waals surface area contributed by atoms with Crippen LogP contribution in [0, 0.1) is 0 Å². The molecule has 25 heavy (non-hydrogen) atoms. The van der Waals surface area contributed by atoms with Gasteiger partial charge in [-0.3, -0.25) is 0 Å². The van der Waals surface area contributed by atoms with Gasteiger partial charge in [0.15, 0.2) is 0 Å². The Morgan fingerprint density at radius 2 is 2.08 bits per heavy atom. The Hall–Kier alpha value is -1.85. The van der Waals surface area contributed by atoms with E-state index in [-0.39, 0.29) is 12.1 Å². The number of rotatable bonds is 5. The number of ether oxygens (including phenoxy) is 1. The van der Waals surface area contributed by atoms with Crippen LogP contribution < -0.4 is 10.2 Å². The first-order chi connectivity index (χ1) is 11.8. The van der Waals surface area contributed by atoms with Gasteiger partial charge in [0, 0.05) is 36.8 Å². The van der Waals surface area contributed by atoms with Gasteiger partial charge in [-0.15, -0.1) is 0 Å². The van der Waals surface area contributed by atoms with Gasteiger partial charge in [-0.1, -0.05) is 13.8 Å².